The number of hydrogen-bond acceptors (Lipinski definition) is 3. The van der Waals surface area contributed by atoms with Crippen LogP contribution >= 0.6 is 11.6 Å². The molecule has 15 heavy (non-hydrogen) atoms. The Balaban J connectivity index is 4.46. The summed E-state index contributed by atoms with van der Waals surface area (Å²) in [6.07, 6.45) is 3.37. The van der Waals surface area contributed by atoms with Crippen LogP contribution in [0.1, 0.15) is 34.6 Å². The maximum atomic E-state index is 9.81. The Hall–Kier alpha value is -0.0251. The summed E-state index contributed by atoms with van der Waals surface area (Å²) < 4.78 is 5.34. The van der Waals surface area contributed by atoms with Gasteiger partial charge >= 0.3 is 7.12 Å². The van der Waals surface area contributed by atoms with Gasteiger partial charge < -0.3 is 14.8 Å². The van der Waals surface area contributed by atoms with E-state index in [9.17, 15) is 10.1 Å². The molecule has 0 aromatic carbocycles. The van der Waals surface area contributed by atoms with Gasteiger partial charge in [-0.15, -0.1) is 11.6 Å². The molecule has 0 amide bonds. The van der Waals surface area contributed by atoms with Crippen molar-refractivity contribution in [3.63, 3.8) is 0 Å². The standard InChI is InChI=1S/C10H20BClO3/c1-6-7-8(12)11(14)15-10(4,5)9(2,3)13/h6-8,13-14H,1-5H3/b7-6+. The zero-order valence-corrected chi connectivity index (χ0v) is 10.7. The van der Waals surface area contributed by atoms with Crippen molar-refractivity contribution in [2.24, 2.45) is 0 Å². The van der Waals surface area contributed by atoms with E-state index in [0.717, 1.165) is 0 Å². The molecule has 0 rings (SSSR count). The topological polar surface area (TPSA) is 49.7 Å². The molecule has 88 valence electrons. The summed E-state index contributed by atoms with van der Waals surface area (Å²) in [7, 11) is -1.13. The van der Waals surface area contributed by atoms with Crippen LogP contribution in [-0.2, 0) is 4.65 Å². The second-order valence-corrected chi connectivity index (χ2v) is 5.05. The molecule has 5 heteroatoms. The van der Waals surface area contributed by atoms with Crippen LogP contribution in [0, 0.1) is 0 Å². The summed E-state index contributed by atoms with van der Waals surface area (Å²) in [5.74, 6) is 0. The van der Waals surface area contributed by atoms with Gasteiger partial charge in [-0.3, -0.25) is 0 Å². The molecule has 0 aliphatic rings. The van der Waals surface area contributed by atoms with Gasteiger partial charge in [0.2, 0.25) is 0 Å². The second kappa shape index (κ2) is 5.35. The van der Waals surface area contributed by atoms with Crippen molar-refractivity contribution in [2.45, 2.75) is 51.1 Å². The van der Waals surface area contributed by atoms with Crippen LogP contribution in [0.4, 0.5) is 0 Å². The van der Waals surface area contributed by atoms with Gasteiger partial charge in [-0.1, -0.05) is 12.2 Å². The van der Waals surface area contributed by atoms with Gasteiger partial charge in [-0.25, -0.2) is 0 Å². The SMILES string of the molecule is C/C=C/C(Cl)B(O)OC(C)(C)C(C)(C)O. The molecule has 1 atom stereocenters. The maximum Gasteiger partial charge on any atom is 0.477 e. The predicted molar refractivity (Wildman–Crippen MR) is 63.9 cm³/mol. The van der Waals surface area contributed by atoms with Crippen molar-refractivity contribution >= 4 is 18.7 Å². The minimum Gasteiger partial charge on any atom is -0.426 e. The second-order valence-electron chi connectivity index (χ2n) is 4.55. The Kier molecular flexibility index (Phi) is 5.34. The van der Waals surface area contributed by atoms with Gasteiger partial charge in [-0.2, -0.15) is 0 Å². The van der Waals surface area contributed by atoms with Crippen molar-refractivity contribution in [1.29, 1.82) is 0 Å². The molecular weight excluding hydrogens is 214 g/mol. The molecule has 0 fully saturated rings. The zero-order chi connectivity index (χ0) is 12.3. The summed E-state index contributed by atoms with van der Waals surface area (Å²) in [6.45, 7) is 8.46. The first-order valence-corrected chi connectivity index (χ1v) is 5.40. The normalized spacial score (nSPS) is 15.7. The van der Waals surface area contributed by atoms with Crippen molar-refractivity contribution in [1.82, 2.24) is 0 Å². The quantitative estimate of drug-likeness (QED) is 0.433. The lowest BCUT2D eigenvalue weighted by Crippen LogP contribution is -2.52. The Morgan fingerprint density at radius 2 is 1.80 bits per heavy atom. The molecule has 0 aromatic heterocycles. The lowest BCUT2D eigenvalue weighted by Gasteiger charge is -2.38. The maximum absolute atomic E-state index is 9.81. The Morgan fingerprint density at radius 1 is 1.33 bits per heavy atom. The average Bonchev–Trinajstić information content (AvgIpc) is 2.01. The summed E-state index contributed by atoms with van der Waals surface area (Å²) in [5, 5.41) is 18.8. The highest BCUT2D eigenvalue weighted by atomic mass is 35.5. The van der Waals surface area contributed by atoms with Crippen molar-refractivity contribution < 1.29 is 14.8 Å². The summed E-state index contributed by atoms with van der Waals surface area (Å²) in [4.78, 5) is 0. The third-order valence-electron chi connectivity index (χ3n) is 2.54. The lowest BCUT2D eigenvalue weighted by atomic mass is 9.80. The minimum absolute atomic E-state index is 0.614. The fourth-order valence-electron chi connectivity index (χ4n) is 0.790. The fraction of sp³-hybridized carbons (Fsp3) is 0.800. The predicted octanol–water partition coefficient (Wildman–Crippen LogP) is 1.76. The van der Waals surface area contributed by atoms with E-state index in [-0.39, 0.29) is 0 Å². The molecule has 0 bridgehead atoms. The Labute approximate surface area is 97.2 Å². The van der Waals surface area contributed by atoms with E-state index in [1.165, 1.54) is 0 Å². The Morgan fingerprint density at radius 3 is 2.13 bits per heavy atom. The minimum atomic E-state index is -1.13. The van der Waals surface area contributed by atoms with Crippen molar-refractivity contribution in [3.8, 4) is 0 Å². The van der Waals surface area contributed by atoms with Crippen LogP contribution in [0.5, 0.6) is 0 Å². The third kappa shape index (κ3) is 4.56. The van der Waals surface area contributed by atoms with Crippen LogP contribution in [0.25, 0.3) is 0 Å². The molecule has 0 radical (unpaired) electrons. The van der Waals surface area contributed by atoms with Crippen molar-refractivity contribution in [3.05, 3.63) is 12.2 Å². The molecule has 0 saturated heterocycles. The van der Waals surface area contributed by atoms with E-state index in [2.05, 4.69) is 0 Å². The first-order chi connectivity index (χ1) is 6.62. The molecule has 0 spiro atoms. The van der Waals surface area contributed by atoms with Gasteiger partial charge in [0, 0.05) is 0 Å². The van der Waals surface area contributed by atoms with Gasteiger partial charge in [0.25, 0.3) is 0 Å². The van der Waals surface area contributed by atoms with Crippen molar-refractivity contribution in [2.75, 3.05) is 0 Å². The third-order valence-corrected chi connectivity index (χ3v) is 2.90. The molecule has 3 nitrogen and oxygen atoms in total. The van der Waals surface area contributed by atoms with Crippen LogP contribution in [0.15, 0.2) is 12.2 Å². The summed E-state index contributed by atoms with van der Waals surface area (Å²) in [5.41, 5.74) is -1.93. The van der Waals surface area contributed by atoms with E-state index in [1.54, 1.807) is 39.8 Å². The van der Waals surface area contributed by atoms with Gasteiger partial charge in [0.15, 0.2) is 0 Å². The van der Waals surface area contributed by atoms with Gasteiger partial charge in [0.1, 0.15) is 0 Å². The number of rotatable bonds is 5. The monoisotopic (exact) mass is 234 g/mol. The molecule has 0 aliphatic carbocycles. The Bertz CT molecular complexity index is 223. The number of alkyl halides is 1. The van der Waals surface area contributed by atoms with Gasteiger partial charge in [0.05, 0.1) is 16.5 Å². The first kappa shape index (κ1) is 15.0. The number of aliphatic hydroxyl groups is 1. The lowest BCUT2D eigenvalue weighted by molar-refractivity contribution is -0.0999. The highest BCUT2D eigenvalue weighted by Crippen LogP contribution is 2.26. The largest absolute Gasteiger partial charge is 0.477 e. The molecule has 0 heterocycles. The number of allylic oxidation sites excluding steroid dienone is 2. The highest BCUT2D eigenvalue weighted by molar-refractivity contribution is 6.59. The number of halogens is 1. The summed E-state index contributed by atoms with van der Waals surface area (Å²) in [6, 6.07) is 0. The van der Waals surface area contributed by atoms with E-state index in [0.29, 0.717) is 0 Å². The highest BCUT2D eigenvalue weighted by Gasteiger charge is 2.40. The summed E-state index contributed by atoms with van der Waals surface area (Å²) >= 11 is 5.84. The molecule has 0 aromatic rings. The molecule has 2 N–H and O–H groups in total. The van der Waals surface area contributed by atoms with Crippen LogP contribution in [-0.4, -0.2) is 33.7 Å². The van der Waals surface area contributed by atoms with E-state index < -0.39 is 23.6 Å². The van der Waals surface area contributed by atoms with Crippen LogP contribution in [0.3, 0.4) is 0 Å². The molecule has 1 unspecified atom stereocenters. The first-order valence-electron chi connectivity index (χ1n) is 4.97. The molecule has 0 aliphatic heterocycles. The van der Waals surface area contributed by atoms with Gasteiger partial charge in [-0.05, 0) is 34.6 Å². The van der Waals surface area contributed by atoms with Crippen LogP contribution in [0.2, 0.25) is 0 Å². The molecular formula is C10H20BClO3. The van der Waals surface area contributed by atoms with E-state index in [1.807, 2.05) is 6.92 Å². The van der Waals surface area contributed by atoms with Crippen LogP contribution < -0.4 is 0 Å². The smallest absolute Gasteiger partial charge is 0.426 e. The van der Waals surface area contributed by atoms with E-state index in [4.69, 9.17) is 16.3 Å². The zero-order valence-electron chi connectivity index (χ0n) is 9.99. The average molecular weight is 235 g/mol. The molecule has 0 saturated carbocycles. The van der Waals surface area contributed by atoms with E-state index >= 15 is 0 Å². The fourth-order valence-corrected chi connectivity index (χ4v) is 0.987. The number of hydrogen-bond donors (Lipinski definition) is 2.